The average Bonchev–Trinajstić information content (AvgIpc) is 2.72. The van der Waals surface area contributed by atoms with Crippen molar-refractivity contribution in [1.82, 2.24) is 10.3 Å². The molecule has 1 heterocycles. The van der Waals surface area contributed by atoms with Crippen LogP contribution >= 0.6 is 0 Å². The smallest absolute Gasteiger partial charge is 0.0693 e. The minimum Gasteiger partial charge on any atom is -0.392 e. The molecular formula is C13H20N2O. The van der Waals surface area contributed by atoms with Gasteiger partial charge in [0, 0.05) is 18.8 Å². The van der Waals surface area contributed by atoms with Crippen molar-refractivity contribution in [3.63, 3.8) is 0 Å². The minimum atomic E-state index is -0.172. The summed E-state index contributed by atoms with van der Waals surface area (Å²) in [5.74, 6) is 0. The van der Waals surface area contributed by atoms with Gasteiger partial charge in [-0.05, 0) is 37.3 Å². The summed E-state index contributed by atoms with van der Waals surface area (Å²) in [5, 5.41) is 13.1. The van der Waals surface area contributed by atoms with E-state index in [-0.39, 0.29) is 12.1 Å². The maximum Gasteiger partial charge on any atom is 0.0693 e. The van der Waals surface area contributed by atoms with E-state index in [1.807, 2.05) is 12.3 Å². The lowest BCUT2D eigenvalue weighted by Gasteiger charge is -2.17. The van der Waals surface area contributed by atoms with Crippen molar-refractivity contribution in [2.24, 2.45) is 0 Å². The number of nitrogens with zero attached hydrogens (tertiary/aromatic N) is 1. The molecule has 0 radical (unpaired) electrons. The van der Waals surface area contributed by atoms with E-state index < -0.39 is 0 Å². The van der Waals surface area contributed by atoms with Crippen LogP contribution in [0.3, 0.4) is 0 Å². The Kier molecular flexibility index (Phi) is 3.91. The van der Waals surface area contributed by atoms with Crippen LogP contribution in [0.5, 0.6) is 0 Å². The Balaban J connectivity index is 1.93. The number of rotatable bonds is 4. The predicted octanol–water partition coefficient (Wildman–Crippen LogP) is 1.65. The Morgan fingerprint density at radius 3 is 3.06 bits per heavy atom. The number of hydrogen-bond donors (Lipinski definition) is 2. The average molecular weight is 220 g/mol. The summed E-state index contributed by atoms with van der Waals surface area (Å²) in [6.45, 7) is 2.91. The number of aliphatic hydroxyl groups excluding tert-OH is 1. The van der Waals surface area contributed by atoms with Crippen LogP contribution in [0.2, 0.25) is 0 Å². The minimum absolute atomic E-state index is 0.172. The van der Waals surface area contributed by atoms with Crippen LogP contribution < -0.4 is 5.32 Å². The Morgan fingerprint density at radius 1 is 1.50 bits per heavy atom. The second kappa shape index (κ2) is 5.41. The summed E-state index contributed by atoms with van der Waals surface area (Å²) in [4.78, 5) is 4.39. The summed E-state index contributed by atoms with van der Waals surface area (Å²) in [5.41, 5.74) is 2.41. The molecule has 0 aliphatic heterocycles. The third-order valence-electron chi connectivity index (χ3n) is 3.38. The Hall–Kier alpha value is -0.930. The number of nitrogens with one attached hydrogen (secondary N) is 1. The van der Waals surface area contributed by atoms with Crippen LogP contribution in [0.4, 0.5) is 0 Å². The summed E-state index contributed by atoms with van der Waals surface area (Å²) in [6.07, 6.45) is 5.81. The van der Waals surface area contributed by atoms with Crippen LogP contribution in [0, 0.1) is 0 Å². The summed E-state index contributed by atoms with van der Waals surface area (Å²) in [6, 6.07) is 4.36. The van der Waals surface area contributed by atoms with Crippen molar-refractivity contribution in [3.8, 4) is 0 Å². The fourth-order valence-corrected chi connectivity index (χ4v) is 2.36. The molecule has 0 amide bonds. The largest absolute Gasteiger partial charge is 0.392 e. The van der Waals surface area contributed by atoms with E-state index >= 15 is 0 Å². The number of aryl methyl sites for hydroxylation is 1. The molecule has 0 bridgehead atoms. The number of aliphatic hydroxyl groups is 1. The molecule has 88 valence electrons. The van der Waals surface area contributed by atoms with Gasteiger partial charge in [0.2, 0.25) is 0 Å². The fourth-order valence-electron chi connectivity index (χ4n) is 2.36. The van der Waals surface area contributed by atoms with Gasteiger partial charge in [-0.2, -0.15) is 0 Å². The lowest BCUT2D eigenvalue weighted by molar-refractivity contribution is 0.148. The monoisotopic (exact) mass is 220 g/mol. The van der Waals surface area contributed by atoms with Gasteiger partial charge in [0.05, 0.1) is 11.8 Å². The van der Waals surface area contributed by atoms with Gasteiger partial charge >= 0.3 is 0 Å². The molecule has 16 heavy (non-hydrogen) atoms. The zero-order valence-electron chi connectivity index (χ0n) is 9.82. The first-order chi connectivity index (χ1) is 7.81. The standard InChI is InChI=1S/C13H20N2O/c1-2-10-5-4-8-14-12(10)9-15-11-6-3-7-13(11)16/h4-5,8,11,13,15-16H,2-3,6-7,9H2,1H3/t11-,13-/m1/s1. The quantitative estimate of drug-likeness (QED) is 0.811. The van der Waals surface area contributed by atoms with Crippen LogP contribution in [-0.4, -0.2) is 22.2 Å². The van der Waals surface area contributed by atoms with Crippen LogP contribution in [0.1, 0.15) is 37.4 Å². The molecule has 0 saturated heterocycles. The molecule has 0 aromatic carbocycles. The molecule has 1 aliphatic rings. The predicted molar refractivity (Wildman–Crippen MR) is 64.1 cm³/mol. The summed E-state index contributed by atoms with van der Waals surface area (Å²) < 4.78 is 0. The lowest BCUT2D eigenvalue weighted by atomic mass is 10.1. The third kappa shape index (κ3) is 2.60. The van der Waals surface area contributed by atoms with E-state index in [0.29, 0.717) is 0 Å². The lowest BCUT2D eigenvalue weighted by Crippen LogP contribution is -2.35. The van der Waals surface area contributed by atoms with Gasteiger partial charge in [0.15, 0.2) is 0 Å². The van der Waals surface area contributed by atoms with Crippen LogP contribution in [0.25, 0.3) is 0 Å². The van der Waals surface area contributed by atoms with E-state index in [2.05, 4.69) is 23.3 Å². The van der Waals surface area contributed by atoms with E-state index in [1.165, 1.54) is 5.56 Å². The maximum atomic E-state index is 9.71. The number of hydrogen-bond acceptors (Lipinski definition) is 3. The van der Waals surface area contributed by atoms with E-state index in [9.17, 15) is 5.11 Å². The third-order valence-corrected chi connectivity index (χ3v) is 3.38. The maximum absolute atomic E-state index is 9.71. The molecule has 0 unspecified atom stereocenters. The fraction of sp³-hybridized carbons (Fsp3) is 0.615. The second-order valence-corrected chi connectivity index (χ2v) is 4.45. The molecule has 1 aromatic heterocycles. The second-order valence-electron chi connectivity index (χ2n) is 4.45. The molecule has 1 aliphatic carbocycles. The Morgan fingerprint density at radius 2 is 2.38 bits per heavy atom. The van der Waals surface area contributed by atoms with E-state index in [0.717, 1.165) is 37.9 Å². The van der Waals surface area contributed by atoms with Gasteiger partial charge in [0.1, 0.15) is 0 Å². The molecular weight excluding hydrogens is 200 g/mol. The molecule has 0 spiro atoms. The highest BCUT2D eigenvalue weighted by Gasteiger charge is 2.24. The van der Waals surface area contributed by atoms with Crippen molar-refractivity contribution in [3.05, 3.63) is 29.6 Å². The molecule has 2 rings (SSSR count). The van der Waals surface area contributed by atoms with Gasteiger partial charge < -0.3 is 10.4 Å². The molecule has 1 fully saturated rings. The first-order valence-electron chi connectivity index (χ1n) is 6.15. The summed E-state index contributed by atoms with van der Waals surface area (Å²) >= 11 is 0. The van der Waals surface area contributed by atoms with Crippen molar-refractivity contribution in [2.75, 3.05) is 0 Å². The zero-order chi connectivity index (χ0) is 11.4. The highest BCUT2D eigenvalue weighted by atomic mass is 16.3. The SMILES string of the molecule is CCc1cccnc1CN[C@@H]1CCC[C@H]1O. The molecule has 3 heteroatoms. The van der Waals surface area contributed by atoms with Gasteiger partial charge in [-0.25, -0.2) is 0 Å². The Labute approximate surface area is 96.9 Å². The van der Waals surface area contributed by atoms with Crippen LogP contribution in [-0.2, 0) is 13.0 Å². The normalized spacial score (nSPS) is 24.9. The molecule has 3 nitrogen and oxygen atoms in total. The zero-order valence-corrected chi connectivity index (χ0v) is 9.82. The van der Waals surface area contributed by atoms with Crippen molar-refractivity contribution in [1.29, 1.82) is 0 Å². The molecule has 2 N–H and O–H groups in total. The van der Waals surface area contributed by atoms with Gasteiger partial charge in [-0.1, -0.05) is 13.0 Å². The van der Waals surface area contributed by atoms with Crippen molar-refractivity contribution in [2.45, 2.75) is 51.3 Å². The topological polar surface area (TPSA) is 45.2 Å². The first-order valence-corrected chi connectivity index (χ1v) is 6.15. The first kappa shape index (κ1) is 11.6. The highest BCUT2D eigenvalue weighted by Crippen LogP contribution is 2.19. The number of pyridine rings is 1. The van der Waals surface area contributed by atoms with E-state index in [4.69, 9.17) is 0 Å². The highest BCUT2D eigenvalue weighted by molar-refractivity contribution is 5.19. The van der Waals surface area contributed by atoms with Gasteiger partial charge in [-0.3, -0.25) is 4.98 Å². The molecule has 1 aromatic rings. The molecule has 1 saturated carbocycles. The summed E-state index contributed by atoms with van der Waals surface area (Å²) in [7, 11) is 0. The van der Waals surface area contributed by atoms with Gasteiger partial charge in [-0.15, -0.1) is 0 Å². The molecule has 2 atom stereocenters. The van der Waals surface area contributed by atoms with Crippen molar-refractivity contribution < 1.29 is 5.11 Å². The number of aromatic nitrogens is 1. The van der Waals surface area contributed by atoms with Gasteiger partial charge in [0.25, 0.3) is 0 Å². The van der Waals surface area contributed by atoms with Crippen molar-refractivity contribution >= 4 is 0 Å². The van der Waals surface area contributed by atoms with E-state index in [1.54, 1.807) is 0 Å². The van der Waals surface area contributed by atoms with Crippen LogP contribution in [0.15, 0.2) is 18.3 Å². The Bertz CT molecular complexity index is 340.